The first kappa shape index (κ1) is 13.9. The molecule has 2 heteroatoms. The Balaban J connectivity index is 1.95. The zero-order chi connectivity index (χ0) is 15.0. The Morgan fingerprint density at radius 1 is 1.05 bits per heavy atom. The molecule has 1 saturated heterocycles. The van der Waals surface area contributed by atoms with Gasteiger partial charge in [0.15, 0.2) is 0 Å². The Kier molecular flexibility index (Phi) is 3.32. The molecule has 0 radical (unpaired) electrons. The number of amides is 1. The molecular formula is C19H21NO. The minimum Gasteiger partial charge on any atom is -0.345 e. The van der Waals surface area contributed by atoms with Crippen molar-refractivity contribution in [1.82, 2.24) is 4.90 Å². The smallest absolute Gasteiger partial charge is 0.232 e. The van der Waals surface area contributed by atoms with E-state index < -0.39 is 0 Å². The predicted molar refractivity (Wildman–Crippen MR) is 86.2 cm³/mol. The molecule has 1 fully saturated rings. The van der Waals surface area contributed by atoms with E-state index in [2.05, 4.69) is 62.4 Å². The van der Waals surface area contributed by atoms with Crippen LogP contribution in [0.5, 0.6) is 0 Å². The van der Waals surface area contributed by atoms with E-state index >= 15 is 0 Å². The molecule has 2 aromatic carbocycles. The van der Waals surface area contributed by atoms with Gasteiger partial charge in [-0.3, -0.25) is 4.79 Å². The number of likely N-dealkylation sites (N-methyl/N-ethyl adjacent to an activating group) is 1. The van der Waals surface area contributed by atoms with Crippen LogP contribution >= 0.6 is 0 Å². The summed E-state index contributed by atoms with van der Waals surface area (Å²) in [7, 11) is 1.88. The van der Waals surface area contributed by atoms with Gasteiger partial charge in [-0.15, -0.1) is 0 Å². The quantitative estimate of drug-likeness (QED) is 0.819. The first-order valence-electron chi connectivity index (χ1n) is 7.44. The van der Waals surface area contributed by atoms with Gasteiger partial charge in [0.1, 0.15) is 0 Å². The van der Waals surface area contributed by atoms with E-state index in [1.807, 2.05) is 11.9 Å². The summed E-state index contributed by atoms with van der Waals surface area (Å²) >= 11 is 0. The van der Waals surface area contributed by atoms with E-state index in [0.717, 1.165) is 18.5 Å². The fraction of sp³-hybridized carbons (Fsp3) is 0.316. The largest absolute Gasteiger partial charge is 0.345 e. The summed E-state index contributed by atoms with van der Waals surface area (Å²) in [6.07, 6.45) is 0.895. The minimum atomic E-state index is -0.362. The van der Waals surface area contributed by atoms with Gasteiger partial charge < -0.3 is 4.90 Å². The zero-order valence-electron chi connectivity index (χ0n) is 12.9. The molecule has 0 aromatic heterocycles. The second kappa shape index (κ2) is 5.03. The number of aryl methyl sites for hydroxylation is 1. The number of hydrogen-bond acceptors (Lipinski definition) is 1. The molecule has 3 rings (SSSR count). The number of benzene rings is 2. The summed E-state index contributed by atoms with van der Waals surface area (Å²) < 4.78 is 0. The third-order valence-electron chi connectivity index (χ3n) is 4.74. The van der Waals surface area contributed by atoms with Crippen molar-refractivity contribution in [2.24, 2.45) is 0 Å². The molecule has 1 aliphatic heterocycles. The van der Waals surface area contributed by atoms with Gasteiger partial charge >= 0.3 is 0 Å². The fourth-order valence-corrected chi connectivity index (χ4v) is 3.20. The Hall–Kier alpha value is -2.09. The van der Waals surface area contributed by atoms with E-state index in [4.69, 9.17) is 0 Å². The van der Waals surface area contributed by atoms with Crippen LogP contribution in [0.3, 0.4) is 0 Å². The average Bonchev–Trinajstić information content (AvgIpc) is 2.77. The zero-order valence-corrected chi connectivity index (χ0v) is 12.9. The van der Waals surface area contributed by atoms with Crippen LogP contribution in [0.25, 0.3) is 11.1 Å². The van der Waals surface area contributed by atoms with Crippen LogP contribution in [0.2, 0.25) is 0 Å². The van der Waals surface area contributed by atoms with Gasteiger partial charge in [-0.05, 0) is 42.5 Å². The van der Waals surface area contributed by atoms with E-state index in [1.165, 1.54) is 16.7 Å². The van der Waals surface area contributed by atoms with Crippen molar-refractivity contribution in [2.75, 3.05) is 13.6 Å². The monoisotopic (exact) mass is 279 g/mol. The maximum Gasteiger partial charge on any atom is 0.232 e. The molecule has 0 N–H and O–H groups in total. The summed E-state index contributed by atoms with van der Waals surface area (Å²) in [5.74, 6) is 0.228. The normalized spacial score (nSPS) is 21.9. The molecule has 108 valence electrons. The lowest BCUT2D eigenvalue weighted by Crippen LogP contribution is -2.33. The van der Waals surface area contributed by atoms with Crippen LogP contribution in [0.1, 0.15) is 24.5 Å². The van der Waals surface area contributed by atoms with E-state index in [0.29, 0.717) is 0 Å². The van der Waals surface area contributed by atoms with Gasteiger partial charge in [0.05, 0.1) is 5.41 Å². The third kappa shape index (κ3) is 2.25. The maximum absolute atomic E-state index is 12.4. The molecule has 1 amide bonds. The lowest BCUT2D eigenvalue weighted by Gasteiger charge is -2.23. The molecule has 2 nitrogen and oxygen atoms in total. The number of hydrogen-bond donors (Lipinski definition) is 0. The maximum atomic E-state index is 12.4. The number of nitrogens with zero attached hydrogens (tertiary/aromatic N) is 1. The fourth-order valence-electron chi connectivity index (χ4n) is 3.20. The minimum absolute atomic E-state index is 0.228. The van der Waals surface area contributed by atoms with Crippen molar-refractivity contribution in [1.29, 1.82) is 0 Å². The van der Waals surface area contributed by atoms with Gasteiger partial charge in [0.2, 0.25) is 5.91 Å². The van der Waals surface area contributed by atoms with Crippen LogP contribution in [0, 0.1) is 6.92 Å². The van der Waals surface area contributed by atoms with E-state index in [9.17, 15) is 4.79 Å². The highest BCUT2D eigenvalue weighted by Crippen LogP contribution is 2.35. The molecule has 0 spiro atoms. The van der Waals surface area contributed by atoms with Crippen LogP contribution in [-0.2, 0) is 10.2 Å². The Bertz CT molecular complexity index is 674. The topological polar surface area (TPSA) is 20.3 Å². The number of carbonyl (C=O) groups excluding carboxylic acids is 1. The molecule has 1 atom stereocenters. The Morgan fingerprint density at radius 3 is 2.29 bits per heavy atom. The molecule has 0 saturated carbocycles. The first-order valence-corrected chi connectivity index (χ1v) is 7.44. The number of rotatable bonds is 2. The van der Waals surface area contributed by atoms with Crippen molar-refractivity contribution in [2.45, 2.75) is 25.7 Å². The lowest BCUT2D eigenvalue weighted by atomic mass is 9.80. The third-order valence-corrected chi connectivity index (χ3v) is 4.74. The Labute approximate surface area is 126 Å². The highest BCUT2D eigenvalue weighted by molar-refractivity contribution is 5.89. The second-order valence-electron chi connectivity index (χ2n) is 6.20. The molecule has 2 aromatic rings. The van der Waals surface area contributed by atoms with Gasteiger partial charge in [0.25, 0.3) is 0 Å². The van der Waals surface area contributed by atoms with Gasteiger partial charge in [-0.1, -0.05) is 48.5 Å². The lowest BCUT2D eigenvalue weighted by molar-refractivity contribution is -0.130. The van der Waals surface area contributed by atoms with E-state index in [-0.39, 0.29) is 11.3 Å². The number of likely N-dealkylation sites (tertiary alicyclic amines) is 1. The molecule has 1 heterocycles. The summed E-state index contributed by atoms with van der Waals surface area (Å²) in [6.45, 7) is 5.02. The number of carbonyl (C=O) groups is 1. The van der Waals surface area contributed by atoms with E-state index in [1.54, 1.807) is 0 Å². The summed E-state index contributed by atoms with van der Waals surface area (Å²) in [5.41, 5.74) is 4.49. The first-order chi connectivity index (χ1) is 10.0. The SMILES string of the molecule is Cc1ccccc1-c1ccc(C2(C)CCN(C)C2=O)cc1. The second-order valence-corrected chi connectivity index (χ2v) is 6.20. The molecule has 1 aliphatic rings. The van der Waals surface area contributed by atoms with Crippen LogP contribution in [0.4, 0.5) is 0 Å². The summed E-state index contributed by atoms with van der Waals surface area (Å²) in [4.78, 5) is 14.2. The van der Waals surface area contributed by atoms with Crippen LogP contribution < -0.4 is 0 Å². The molecule has 1 unspecified atom stereocenters. The van der Waals surface area contributed by atoms with Gasteiger partial charge in [-0.2, -0.15) is 0 Å². The van der Waals surface area contributed by atoms with Crippen molar-refractivity contribution >= 4 is 5.91 Å². The van der Waals surface area contributed by atoms with Crippen LogP contribution in [0.15, 0.2) is 48.5 Å². The van der Waals surface area contributed by atoms with Crippen molar-refractivity contribution in [3.8, 4) is 11.1 Å². The molecule has 0 bridgehead atoms. The predicted octanol–water partition coefficient (Wildman–Crippen LogP) is 3.78. The highest BCUT2D eigenvalue weighted by Gasteiger charge is 2.42. The van der Waals surface area contributed by atoms with Crippen molar-refractivity contribution in [3.05, 3.63) is 59.7 Å². The van der Waals surface area contributed by atoms with Crippen LogP contribution in [-0.4, -0.2) is 24.4 Å². The summed E-state index contributed by atoms with van der Waals surface area (Å²) in [6, 6.07) is 16.9. The van der Waals surface area contributed by atoms with Crippen molar-refractivity contribution < 1.29 is 4.79 Å². The molecule has 21 heavy (non-hydrogen) atoms. The molecular weight excluding hydrogens is 258 g/mol. The van der Waals surface area contributed by atoms with Gasteiger partial charge in [-0.25, -0.2) is 0 Å². The molecule has 0 aliphatic carbocycles. The van der Waals surface area contributed by atoms with Crippen molar-refractivity contribution in [3.63, 3.8) is 0 Å². The summed E-state index contributed by atoms with van der Waals surface area (Å²) in [5, 5.41) is 0. The standard InChI is InChI=1S/C19H21NO/c1-14-6-4-5-7-17(14)15-8-10-16(11-9-15)19(2)12-13-20(3)18(19)21/h4-11H,12-13H2,1-3H3. The van der Waals surface area contributed by atoms with Gasteiger partial charge in [0, 0.05) is 13.6 Å². The highest BCUT2D eigenvalue weighted by atomic mass is 16.2. The average molecular weight is 279 g/mol. The Morgan fingerprint density at radius 2 is 1.71 bits per heavy atom.